The van der Waals surface area contributed by atoms with Gasteiger partial charge in [0.1, 0.15) is 25.9 Å². The van der Waals surface area contributed by atoms with Gasteiger partial charge in [-0.25, -0.2) is 42.1 Å². The van der Waals surface area contributed by atoms with E-state index in [1.807, 2.05) is 0 Å². The summed E-state index contributed by atoms with van der Waals surface area (Å²) in [6.45, 7) is 2.28. The largest absolute Gasteiger partial charge is 1.00 e. The van der Waals surface area contributed by atoms with Crippen molar-refractivity contribution in [1.82, 2.24) is 15.0 Å². The number of fused-ring (bicyclic) bond motifs is 1. The molecule has 0 aliphatic carbocycles. The second-order valence-corrected chi connectivity index (χ2v) is 19.2. The smallest absolute Gasteiger partial charge is 0.744 e. The van der Waals surface area contributed by atoms with Crippen LogP contribution in [0.15, 0.2) is 109 Å². The number of benzene rings is 4. The van der Waals surface area contributed by atoms with Gasteiger partial charge in [-0.3, -0.25) is 4.18 Å². The first-order chi connectivity index (χ1) is 26.4. The molecule has 0 atom stereocenters. The summed E-state index contributed by atoms with van der Waals surface area (Å²) >= 11 is 6.08. The van der Waals surface area contributed by atoms with Crippen LogP contribution in [0.4, 0.5) is 34.6 Å². The van der Waals surface area contributed by atoms with Gasteiger partial charge in [0.05, 0.1) is 43.3 Å². The molecule has 0 amide bonds. The molecule has 0 saturated heterocycles. The van der Waals surface area contributed by atoms with Gasteiger partial charge in [0.25, 0.3) is 0 Å². The minimum atomic E-state index is -5.54. The van der Waals surface area contributed by atoms with E-state index < -0.39 is 112 Å². The third-order valence-corrected chi connectivity index (χ3v) is 12.6. The molecule has 1 heterocycles. The number of azo groups is 1. The standard InChI is InChI=1S/C29H24ClN7O15S5.3Na/c1-2-53(39,40)19-7-3-17(4-8-19)31-28-33-27(30)34-29(35-28)32-22-15-21(55(43,44)45)13-16-14-23(56(46,47)48)25(26(38)24(16)22)37-36-18-5-9-20(10-6-18)54(41,42)12-11-52-57(49,50)51;;;/h2-10,13-15,38H,1,11-12H2,(H,43,44,45)(H,46,47,48)(H,49,50,51)(H2,31,32,33,34,35);;;/q;3*+1/p-3. The van der Waals surface area contributed by atoms with E-state index in [-0.39, 0.29) is 116 Å². The van der Waals surface area contributed by atoms with Crippen LogP contribution in [-0.4, -0.2) is 88.2 Å². The number of phenolic OH excluding ortho intramolecular Hbond substituents is 1. The van der Waals surface area contributed by atoms with Crippen molar-refractivity contribution in [2.45, 2.75) is 19.6 Å². The zero-order valence-corrected chi connectivity index (χ0v) is 41.7. The van der Waals surface area contributed by atoms with Crippen molar-refractivity contribution in [1.29, 1.82) is 0 Å². The number of phenols is 1. The van der Waals surface area contributed by atoms with Crippen LogP contribution in [-0.2, 0) is 54.5 Å². The molecule has 0 fully saturated rings. The summed E-state index contributed by atoms with van der Waals surface area (Å²) in [6.07, 6.45) is 0. The number of rotatable bonds is 15. The zero-order chi connectivity index (χ0) is 42.1. The van der Waals surface area contributed by atoms with E-state index in [0.717, 1.165) is 35.7 Å². The molecule has 3 N–H and O–H groups in total. The Balaban J connectivity index is 0.00000413. The molecule has 5 aromatic rings. The van der Waals surface area contributed by atoms with Crippen molar-refractivity contribution in [3.63, 3.8) is 0 Å². The Hall–Kier alpha value is -2.23. The quantitative estimate of drug-likeness (QED) is 0.0381. The summed E-state index contributed by atoms with van der Waals surface area (Å²) < 4.78 is 158. The Morgan fingerprint density at radius 1 is 0.733 bits per heavy atom. The monoisotopic (exact) mass is 971 g/mol. The van der Waals surface area contributed by atoms with Crippen LogP contribution in [0, 0.1) is 0 Å². The average Bonchev–Trinajstić information content (AvgIpc) is 3.09. The summed E-state index contributed by atoms with van der Waals surface area (Å²) in [5, 5.41) is 23.5. The molecule has 0 aliphatic rings. The van der Waals surface area contributed by atoms with Gasteiger partial charge in [-0.05, 0) is 83.7 Å². The van der Waals surface area contributed by atoms with Crippen LogP contribution in [0.3, 0.4) is 0 Å². The maximum absolute atomic E-state index is 12.5. The Kier molecular flexibility index (Phi) is 18.8. The SMILES string of the molecule is C=CS(=O)(=O)c1ccc(Nc2nc(Cl)nc(Nc3cc(S(=O)(=O)[O-])cc4cc(S(=O)(=O)[O-])c(N=Nc5ccc(S(=O)(=O)CCOS(=O)(=O)[O-])cc5)c(O)c34)n2)cc1.[Na+].[Na+].[Na+]. The van der Waals surface area contributed by atoms with Crippen molar-refractivity contribution < 1.29 is 154 Å². The van der Waals surface area contributed by atoms with Crippen LogP contribution in [0.5, 0.6) is 5.75 Å². The van der Waals surface area contributed by atoms with Crippen molar-refractivity contribution >= 4 is 107 Å². The first-order valence-electron chi connectivity index (χ1n) is 14.9. The second-order valence-electron chi connectivity index (χ2n) is 11.0. The van der Waals surface area contributed by atoms with Gasteiger partial charge in [0, 0.05) is 16.5 Å². The van der Waals surface area contributed by atoms with Gasteiger partial charge in [0.15, 0.2) is 25.4 Å². The summed E-state index contributed by atoms with van der Waals surface area (Å²) in [7, 11) is -23.9. The Morgan fingerprint density at radius 3 is 1.83 bits per heavy atom. The third kappa shape index (κ3) is 13.9. The van der Waals surface area contributed by atoms with Gasteiger partial charge < -0.3 is 29.4 Å². The van der Waals surface area contributed by atoms with E-state index in [2.05, 4.69) is 46.6 Å². The molecule has 302 valence electrons. The fraction of sp³-hybridized carbons (Fsp3) is 0.0690. The summed E-state index contributed by atoms with van der Waals surface area (Å²) in [5.74, 6) is -2.70. The number of sulfone groups is 2. The number of hydrogen-bond acceptors (Lipinski definition) is 22. The van der Waals surface area contributed by atoms with Crippen molar-refractivity contribution in [3.8, 4) is 5.75 Å². The van der Waals surface area contributed by atoms with Crippen molar-refractivity contribution in [3.05, 3.63) is 84.0 Å². The van der Waals surface area contributed by atoms with Gasteiger partial charge in [-0.1, -0.05) is 6.58 Å². The normalized spacial score (nSPS) is 12.2. The fourth-order valence-electron chi connectivity index (χ4n) is 4.72. The number of hydrogen-bond donors (Lipinski definition) is 3. The maximum Gasteiger partial charge on any atom is 1.00 e. The topological polar surface area (TPSA) is 357 Å². The van der Waals surface area contributed by atoms with E-state index in [4.69, 9.17) is 11.6 Å². The molecule has 31 heteroatoms. The number of nitrogens with zero attached hydrogens (tertiary/aromatic N) is 5. The van der Waals surface area contributed by atoms with E-state index in [0.29, 0.717) is 12.1 Å². The summed E-state index contributed by atoms with van der Waals surface area (Å²) in [4.78, 5) is 9.23. The minimum Gasteiger partial charge on any atom is -0.744 e. The Morgan fingerprint density at radius 2 is 1.30 bits per heavy atom. The molecule has 5 rings (SSSR count). The van der Waals surface area contributed by atoms with Crippen LogP contribution in [0.25, 0.3) is 10.8 Å². The third-order valence-electron chi connectivity index (χ3n) is 7.24. The number of aromatic hydroxyl groups is 1. The minimum absolute atomic E-state index is 0. The van der Waals surface area contributed by atoms with Gasteiger partial charge >= 0.3 is 88.7 Å². The Bertz CT molecular complexity index is 3040. The molecular weight excluding hydrogens is 951 g/mol. The van der Waals surface area contributed by atoms with Crippen LogP contribution >= 0.6 is 11.6 Å². The van der Waals surface area contributed by atoms with E-state index >= 15 is 0 Å². The molecule has 4 aromatic carbocycles. The summed E-state index contributed by atoms with van der Waals surface area (Å²) in [6, 6.07) is 11.3. The average molecular weight is 972 g/mol. The fourth-order valence-corrected chi connectivity index (χ4v) is 8.25. The van der Waals surface area contributed by atoms with E-state index in [1.54, 1.807) is 0 Å². The number of anilines is 4. The number of aromatic nitrogens is 3. The van der Waals surface area contributed by atoms with Crippen LogP contribution < -0.4 is 99.3 Å². The van der Waals surface area contributed by atoms with Crippen LogP contribution in [0.1, 0.15) is 0 Å². The van der Waals surface area contributed by atoms with E-state index in [1.165, 1.54) is 24.3 Å². The predicted octanol–water partition coefficient (Wildman–Crippen LogP) is -5.73. The van der Waals surface area contributed by atoms with Crippen LogP contribution in [0.2, 0.25) is 5.28 Å². The first kappa shape index (κ1) is 53.9. The first-order valence-corrected chi connectivity index (χ1v) is 22.6. The molecule has 22 nitrogen and oxygen atoms in total. The van der Waals surface area contributed by atoms with Gasteiger partial charge in [0.2, 0.25) is 27.6 Å². The number of halogens is 1. The maximum atomic E-state index is 12.5. The molecule has 0 unspecified atom stereocenters. The molecule has 0 spiro atoms. The predicted molar refractivity (Wildman–Crippen MR) is 195 cm³/mol. The molecule has 1 aromatic heterocycles. The van der Waals surface area contributed by atoms with Gasteiger partial charge in [-0.15, -0.1) is 5.11 Å². The molecular formula is C29H21ClN7Na3O15S5. The molecule has 0 saturated carbocycles. The van der Waals surface area contributed by atoms with Gasteiger partial charge in [-0.2, -0.15) is 20.1 Å². The summed E-state index contributed by atoms with van der Waals surface area (Å²) in [5.41, 5.74) is -1.37. The molecule has 0 radical (unpaired) electrons. The molecule has 0 bridgehead atoms. The molecule has 0 aliphatic heterocycles. The van der Waals surface area contributed by atoms with Crippen molar-refractivity contribution in [2.24, 2.45) is 10.2 Å². The second kappa shape index (κ2) is 21.0. The van der Waals surface area contributed by atoms with E-state index in [9.17, 15) is 60.9 Å². The Labute approximate surface area is 413 Å². The van der Waals surface area contributed by atoms with Crippen molar-refractivity contribution in [2.75, 3.05) is 23.0 Å². The molecule has 60 heavy (non-hydrogen) atoms. The zero-order valence-electron chi connectivity index (χ0n) is 30.9. The number of nitrogens with one attached hydrogen (secondary N) is 2.